The first-order valence-electron chi connectivity index (χ1n) is 11.0. The van der Waals surface area contributed by atoms with Gasteiger partial charge in [-0.25, -0.2) is 0 Å². The van der Waals surface area contributed by atoms with Crippen LogP contribution in [-0.2, 0) is 6.54 Å². The summed E-state index contributed by atoms with van der Waals surface area (Å²) in [6, 6.07) is 18.6. The molecule has 2 N–H and O–H groups in total. The Morgan fingerprint density at radius 3 is 2.25 bits per heavy atom. The van der Waals surface area contributed by atoms with E-state index in [1.807, 2.05) is 0 Å². The van der Waals surface area contributed by atoms with Crippen molar-refractivity contribution in [2.45, 2.75) is 6.54 Å². The Balaban J connectivity index is 1.26. The number of carbonyl (C=O) groups excluding carboxylic acids is 3. The third-order valence-corrected chi connectivity index (χ3v) is 5.81. The van der Waals surface area contributed by atoms with Gasteiger partial charge >= 0.3 is 0 Å². The molecule has 0 saturated heterocycles. The summed E-state index contributed by atoms with van der Waals surface area (Å²) in [5.41, 5.74) is 2.54. The second-order valence-corrected chi connectivity index (χ2v) is 7.97. The topological polar surface area (TPSA) is 127 Å². The van der Waals surface area contributed by atoms with Crippen LogP contribution in [0.1, 0.15) is 36.6 Å². The molecule has 1 aromatic heterocycles. The van der Waals surface area contributed by atoms with Crippen molar-refractivity contribution < 1.29 is 23.9 Å². The number of carbonyl (C=O) groups is 3. The molecule has 3 aromatic carbocycles. The molecule has 10 heteroatoms. The number of imide groups is 1. The molecule has 4 aromatic rings. The molecule has 0 atom stereocenters. The maximum atomic E-state index is 12.7. The van der Waals surface area contributed by atoms with E-state index < -0.39 is 5.91 Å². The van der Waals surface area contributed by atoms with Gasteiger partial charge in [-0.05, 0) is 42.0 Å². The van der Waals surface area contributed by atoms with Crippen molar-refractivity contribution in [1.82, 2.24) is 20.1 Å². The summed E-state index contributed by atoms with van der Waals surface area (Å²) < 4.78 is 10.6. The zero-order valence-electron chi connectivity index (χ0n) is 19.4. The highest BCUT2D eigenvalue weighted by molar-refractivity contribution is 6.21. The van der Waals surface area contributed by atoms with Crippen LogP contribution >= 0.6 is 0 Å². The van der Waals surface area contributed by atoms with Crippen LogP contribution in [0.4, 0.5) is 5.95 Å². The van der Waals surface area contributed by atoms with Crippen LogP contribution < -0.4 is 14.8 Å². The summed E-state index contributed by atoms with van der Waals surface area (Å²) in [7, 11) is 3.10. The first-order valence-corrected chi connectivity index (χ1v) is 11.0. The highest BCUT2D eigenvalue weighted by Crippen LogP contribution is 2.31. The van der Waals surface area contributed by atoms with E-state index in [-0.39, 0.29) is 24.3 Å². The largest absolute Gasteiger partial charge is 0.497 e. The fraction of sp³-hybridized carbons (Fsp3) is 0.115. The van der Waals surface area contributed by atoms with Gasteiger partial charge < -0.3 is 9.47 Å². The SMILES string of the molecule is COc1ccc(-c2nc(NC(=O)c3ccc(CN4C(=O)c5ccccc5C4=O)cc3)n[nH]2)c(OC)c1. The predicted molar refractivity (Wildman–Crippen MR) is 130 cm³/mol. The standard InChI is InChI=1S/C26H21N5O5/c1-35-17-11-12-20(21(13-17)36-2)22-27-26(30-29-22)28-23(32)16-9-7-15(8-10-16)14-31-24(33)18-5-3-4-6-19(18)25(31)34/h3-13H,14H2,1-2H3,(H2,27,28,29,30,32). The fourth-order valence-corrected chi connectivity index (χ4v) is 3.93. The van der Waals surface area contributed by atoms with E-state index in [1.54, 1.807) is 73.8 Å². The summed E-state index contributed by atoms with van der Waals surface area (Å²) in [5, 5.41) is 9.50. The molecule has 0 radical (unpaired) electrons. The molecule has 1 aliphatic heterocycles. The molecule has 36 heavy (non-hydrogen) atoms. The van der Waals surface area contributed by atoms with Gasteiger partial charge in [0.1, 0.15) is 11.5 Å². The molecule has 3 amide bonds. The number of rotatable bonds is 7. The summed E-state index contributed by atoms with van der Waals surface area (Å²) in [6.07, 6.45) is 0. The van der Waals surface area contributed by atoms with Crippen molar-refractivity contribution >= 4 is 23.7 Å². The molecule has 0 spiro atoms. The molecule has 1 aliphatic rings. The summed E-state index contributed by atoms with van der Waals surface area (Å²) in [4.78, 5) is 43.4. The highest BCUT2D eigenvalue weighted by atomic mass is 16.5. The molecular formula is C26H21N5O5. The zero-order chi connectivity index (χ0) is 25.2. The van der Waals surface area contributed by atoms with Crippen LogP contribution in [0.2, 0.25) is 0 Å². The van der Waals surface area contributed by atoms with Crippen LogP contribution in [0.25, 0.3) is 11.4 Å². The van der Waals surface area contributed by atoms with E-state index in [0.29, 0.717) is 45.1 Å². The maximum absolute atomic E-state index is 12.7. The van der Waals surface area contributed by atoms with Crippen LogP contribution in [-0.4, -0.2) is 52.0 Å². The lowest BCUT2D eigenvalue weighted by atomic mass is 10.1. The molecule has 0 saturated carbocycles. The van der Waals surface area contributed by atoms with Crippen LogP contribution in [0.3, 0.4) is 0 Å². The van der Waals surface area contributed by atoms with Gasteiger partial charge in [0.25, 0.3) is 17.7 Å². The Morgan fingerprint density at radius 2 is 1.61 bits per heavy atom. The molecular weight excluding hydrogens is 462 g/mol. The Labute approximate surface area is 205 Å². The molecule has 180 valence electrons. The van der Waals surface area contributed by atoms with Crippen LogP contribution in [0.15, 0.2) is 66.7 Å². The number of methoxy groups -OCH3 is 2. The Kier molecular flexibility index (Phi) is 5.91. The van der Waals surface area contributed by atoms with Crippen molar-refractivity contribution in [3.63, 3.8) is 0 Å². The second kappa shape index (κ2) is 9.34. The van der Waals surface area contributed by atoms with Gasteiger partial charge in [-0.3, -0.25) is 29.7 Å². The van der Waals surface area contributed by atoms with Crippen molar-refractivity contribution in [3.05, 3.63) is 89.0 Å². The average molecular weight is 483 g/mol. The number of anilines is 1. The number of aromatic amines is 1. The third-order valence-electron chi connectivity index (χ3n) is 5.81. The lowest BCUT2D eigenvalue weighted by molar-refractivity contribution is 0.0642. The summed E-state index contributed by atoms with van der Waals surface area (Å²) in [6.45, 7) is 0.113. The van der Waals surface area contributed by atoms with Crippen LogP contribution in [0, 0.1) is 0 Å². The molecule has 5 rings (SSSR count). The molecule has 0 fully saturated rings. The average Bonchev–Trinajstić information content (AvgIpc) is 3.47. The Bertz CT molecular complexity index is 1440. The summed E-state index contributed by atoms with van der Waals surface area (Å²) >= 11 is 0. The minimum Gasteiger partial charge on any atom is -0.497 e. The van der Waals surface area contributed by atoms with E-state index in [0.717, 1.165) is 0 Å². The number of H-pyrrole nitrogens is 1. The van der Waals surface area contributed by atoms with E-state index in [1.165, 1.54) is 12.0 Å². The number of hydrogen-bond acceptors (Lipinski definition) is 7. The maximum Gasteiger partial charge on any atom is 0.261 e. The van der Waals surface area contributed by atoms with E-state index in [9.17, 15) is 14.4 Å². The Hall–Kier alpha value is -4.99. The van der Waals surface area contributed by atoms with E-state index >= 15 is 0 Å². The third kappa shape index (κ3) is 4.16. The normalized spacial score (nSPS) is 12.4. The number of nitrogens with one attached hydrogen (secondary N) is 2. The molecule has 0 aliphatic carbocycles. The van der Waals surface area contributed by atoms with E-state index in [4.69, 9.17) is 9.47 Å². The minimum atomic E-state index is -0.408. The number of amides is 3. The van der Waals surface area contributed by atoms with Gasteiger partial charge in [-0.2, -0.15) is 4.98 Å². The van der Waals surface area contributed by atoms with Gasteiger partial charge in [-0.15, -0.1) is 5.10 Å². The zero-order valence-corrected chi connectivity index (χ0v) is 19.4. The van der Waals surface area contributed by atoms with Gasteiger partial charge in [0.2, 0.25) is 5.95 Å². The lowest BCUT2D eigenvalue weighted by Crippen LogP contribution is -2.29. The number of hydrogen-bond donors (Lipinski definition) is 2. The fourth-order valence-electron chi connectivity index (χ4n) is 3.93. The van der Waals surface area contributed by atoms with Gasteiger partial charge in [0.15, 0.2) is 5.82 Å². The van der Waals surface area contributed by atoms with Crippen molar-refractivity contribution in [2.24, 2.45) is 0 Å². The second-order valence-electron chi connectivity index (χ2n) is 7.97. The van der Waals surface area contributed by atoms with Crippen molar-refractivity contribution in [1.29, 1.82) is 0 Å². The summed E-state index contributed by atoms with van der Waals surface area (Å²) in [5.74, 6) is 0.628. The first kappa shape index (κ1) is 22.8. The lowest BCUT2D eigenvalue weighted by Gasteiger charge is -2.14. The van der Waals surface area contributed by atoms with Gasteiger partial charge in [0.05, 0.1) is 37.5 Å². The minimum absolute atomic E-state index is 0.1000. The number of benzene rings is 3. The smallest absolute Gasteiger partial charge is 0.261 e. The number of ether oxygens (including phenoxy) is 2. The number of aromatic nitrogens is 3. The van der Waals surface area contributed by atoms with Gasteiger partial charge in [-0.1, -0.05) is 24.3 Å². The Morgan fingerprint density at radius 1 is 0.917 bits per heavy atom. The van der Waals surface area contributed by atoms with Crippen molar-refractivity contribution in [3.8, 4) is 22.9 Å². The highest BCUT2D eigenvalue weighted by Gasteiger charge is 2.34. The van der Waals surface area contributed by atoms with E-state index in [2.05, 4.69) is 20.5 Å². The van der Waals surface area contributed by atoms with Crippen molar-refractivity contribution in [2.75, 3.05) is 19.5 Å². The van der Waals surface area contributed by atoms with Crippen LogP contribution in [0.5, 0.6) is 11.5 Å². The molecule has 2 heterocycles. The molecule has 0 bridgehead atoms. The quantitative estimate of drug-likeness (QED) is 0.385. The predicted octanol–water partition coefficient (Wildman–Crippen LogP) is 3.54. The number of nitrogens with zero attached hydrogens (tertiary/aromatic N) is 3. The first-order chi connectivity index (χ1) is 17.5. The molecule has 0 unspecified atom stereocenters. The monoisotopic (exact) mass is 483 g/mol. The number of fused-ring (bicyclic) bond motifs is 1. The van der Waals surface area contributed by atoms with Gasteiger partial charge in [0, 0.05) is 11.6 Å². The molecule has 10 nitrogen and oxygen atoms in total.